The van der Waals surface area contributed by atoms with Crippen LogP contribution in [0.1, 0.15) is 75.7 Å². The van der Waals surface area contributed by atoms with Crippen molar-refractivity contribution >= 4 is 29.2 Å². The number of hydrogen-bond acceptors (Lipinski definition) is 2. The number of rotatable bonds is 4. The highest BCUT2D eigenvalue weighted by Gasteiger charge is 2.48. The van der Waals surface area contributed by atoms with Gasteiger partial charge in [0.1, 0.15) is 0 Å². The highest BCUT2D eigenvalue weighted by atomic mass is 35.5. The van der Waals surface area contributed by atoms with Crippen molar-refractivity contribution in [2.75, 3.05) is 7.11 Å². The van der Waals surface area contributed by atoms with E-state index in [1.807, 2.05) is 12.1 Å². The van der Waals surface area contributed by atoms with E-state index in [2.05, 4.69) is 6.07 Å². The largest absolute Gasteiger partial charge is 0.469 e. The molecule has 0 heterocycles. The van der Waals surface area contributed by atoms with Crippen LogP contribution < -0.4 is 0 Å². The lowest BCUT2D eigenvalue weighted by Crippen LogP contribution is -2.42. The maximum absolute atomic E-state index is 12.4. The first-order chi connectivity index (χ1) is 12.1. The summed E-state index contributed by atoms with van der Waals surface area (Å²) in [4.78, 5) is 12.4. The molecule has 1 aromatic rings. The number of esters is 1. The van der Waals surface area contributed by atoms with Gasteiger partial charge in [-0.25, -0.2) is 0 Å². The summed E-state index contributed by atoms with van der Waals surface area (Å²) in [6.07, 6.45) is 11.5. The fourth-order valence-electron chi connectivity index (χ4n) is 5.35. The molecule has 3 rings (SSSR count). The first kappa shape index (κ1) is 19.0. The Morgan fingerprint density at radius 3 is 2.48 bits per heavy atom. The van der Waals surface area contributed by atoms with Crippen LogP contribution in [0.4, 0.5) is 0 Å². The fraction of sp³-hybridized carbons (Fsp3) is 0.667. The van der Waals surface area contributed by atoms with E-state index < -0.39 is 0 Å². The van der Waals surface area contributed by atoms with E-state index in [0.29, 0.717) is 28.3 Å². The summed E-state index contributed by atoms with van der Waals surface area (Å²) in [6.45, 7) is 0. The van der Waals surface area contributed by atoms with Crippen molar-refractivity contribution in [2.45, 2.75) is 70.1 Å². The molecule has 0 aliphatic heterocycles. The van der Waals surface area contributed by atoms with E-state index in [1.54, 1.807) is 0 Å². The number of ether oxygens (including phenoxy) is 1. The predicted molar refractivity (Wildman–Crippen MR) is 103 cm³/mol. The molecule has 2 fully saturated rings. The summed E-state index contributed by atoms with van der Waals surface area (Å²) >= 11 is 12.5. The molecule has 0 saturated heterocycles. The summed E-state index contributed by atoms with van der Waals surface area (Å²) in [5.74, 6) is 0.885. The average Bonchev–Trinajstić information content (AvgIpc) is 2.65. The third kappa shape index (κ3) is 4.01. The fourth-order valence-corrected chi connectivity index (χ4v) is 5.66. The normalized spacial score (nSPS) is 27.9. The second-order valence-electron chi connectivity index (χ2n) is 7.79. The summed E-state index contributed by atoms with van der Waals surface area (Å²) in [5.41, 5.74) is 1.24. The third-order valence-electron chi connectivity index (χ3n) is 6.54. The number of hydrogen-bond donors (Lipinski definition) is 0. The van der Waals surface area contributed by atoms with Crippen LogP contribution in [0.25, 0.3) is 0 Å². The molecule has 0 amide bonds. The van der Waals surface area contributed by atoms with Crippen LogP contribution in [0.5, 0.6) is 0 Å². The zero-order chi connectivity index (χ0) is 17.9. The Morgan fingerprint density at radius 2 is 1.80 bits per heavy atom. The third-order valence-corrected chi connectivity index (χ3v) is 7.28. The second kappa shape index (κ2) is 8.31. The lowest BCUT2D eigenvalue weighted by atomic mass is 9.54. The minimum absolute atomic E-state index is 0.00290. The van der Waals surface area contributed by atoms with Gasteiger partial charge < -0.3 is 4.74 Å². The van der Waals surface area contributed by atoms with Gasteiger partial charge in [-0.15, -0.1) is 0 Å². The van der Waals surface area contributed by atoms with E-state index in [0.717, 1.165) is 12.8 Å². The lowest BCUT2D eigenvalue weighted by Gasteiger charge is -2.50. The Hall–Kier alpha value is -0.730. The van der Waals surface area contributed by atoms with Crippen LogP contribution >= 0.6 is 23.2 Å². The Kier molecular flexibility index (Phi) is 6.33. The molecular formula is C21H28Cl2O2. The molecule has 0 aromatic heterocycles. The monoisotopic (exact) mass is 382 g/mol. The molecule has 2 aliphatic rings. The van der Waals surface area contributed by atoms with E-state index >= 15 is 0 Å². The molecular weight excluding hydrogens is 355 g/mol. The number of benzene rings is 1. The van der Waals surface area contributed by atoms with Crippen LogP contribution in [0.2, 0.25) is 10.0 Å². The van der Waals surface area contributed by atoms with Gasteiger partial charge >= 0.3 is 5.97 Å². The maximum Gasteiger partial charge on any atom is 0.306 e. The molecule has 4 heteroatoms. The molecule has 0 spiro atoms. The van der Waals surface area contributed by atoms with Crippen LogP contribution in [0, 0.1) is 11.3 Å². The zero-order valence-electron chi connectivity index (χ0n) is 15.0. The molecule has 0 radical (unpaired) electrons. The van der Waals surface area contributed by atoms with Crippen molar-refractivity contribution in [2.24, 2.45) is 11.3 Å². The molecule has 0 N–H and O–H groups in total. The van der Waals surface area contributed by atoms with Gasteiger partial charge in [0.25, 0.3) is 0 Å². The first-order valence-corrected chi connectivity index (χ1v) is 10.3. The standard InChI is InChI=1S/C21H28Cl2O2/c1-25-20(24)14-21(16-7-3-2-4-8-16)12-6-5-9-17(21)15-10-11-18(22)19(23)13-15/h10-11,13,16-17H,2-9,12,14H2,1H3. The van der Waals surface area contributed by atoms with Crippen molar-refractivity contribution in [1.82, 2.24) is 0 Å². The number of carbonyl (C=O) groups is 1. The molecule has 1 aromatic carbocycles. The molecule has 2 atom stereocenters. The highest BCUT2D eigenvalue weighted by molar-refractivity contribution is 6.42. The van der Waals surface area contributed by atoms with Gasteiger partial charge in [0.2, 0.25) is 0 Å². The molecule has 2 nitrogen and oxygen atoms in total. The van der Waals surface area contributed by atoms with Crippen molar-refractivity contribution in [3.63, 3.8) is 0 Å². The van der Waals surface area contributed by atoms with Gasteiger partial charge in [-0.3, -0.25) is 4.79 Å². The quantitative estimate of drug-likeness (QED) is 0.536. The molecule has 0 bridgehead atoms. The van der Waals surface area contributed by atoms with Gasteiger partial charge in [-0.1, -0.05) is 61.4 Å². The molecule has 2 saturated carbocycles. The molecule has 2 unspecified atom stereocenters. The summed E-state index contributed by atoms with van der Waals surface area (Å²) in [6, 6.07) is 6.03. The van der Waals surface area contributed by atoms with Gasteiger partial charge in [-0.2, -0.15) is 0 Å². The summed E-state index contributed by atoms with van der Waals surface area (Å²) < 4.78 is 5.11. The lowest BCUT2D eigenvalue weighted by molar-refractivity contribution is -0.146. The highest BCUT2D eigenvalue weighted by Crippen LogP contribution is 2.58. The van der Waals surface area contributed by atoms with Crippen molar-refractivity contribution in [1.29, 1.82) is 0 Å². The SMILES string of the molecule is COC(=O)CC1(C2CCCCC2)CCCCC1c1ccc(Cl)c(Cl)c1. The number of carbonyl (C=O) groups excluding carboxylic acids is 1. The summed E-state index contributed by atoms with van der Waals surface area (Å²) in [7, 11) is 1.51. The van der Waals surface area contributed by atoms with E-state index in [4.69, 9.17) is 27.9 Å². The Bertz CT molecular complexity index is 610. The molecule has 2 aliphatic carbocycles. The van der Waals surface area contributed by atoms with Crippen molar-refractivity contribution < 1.29 is 9.53 Å². The van der Waals surface area contributed by atoms with E-state index in [9.17, 15) is 4.79 Å². The summed E-state index contributed by atoms with van der Waals surface area (Å²) in [5, 5.41) is 1.21. The van der Waals surface area contributed by atoms with Crippen LogP contribution in [-0.2, 0) is 9.53 Å². The van der Waals surface area contributed by atoms with Crippen LogP contribution in [-0.4, -0.2) is 13.1 Å². The van der Waals surface area contributed by atoms with Crippen molar-refractivity contribution in [3.05, 3.63) is 33.8 Å². The van der Waals surface area contributed by atoms with E-state index in [-0.39, 0.29) is 11.4 Å². The topological polar surface area (TPSA) is 26.3 Å². The number of halogens is 2. The van der Waals surface area contributed by atoms with Gasteiger partial charge in [0.15, 0.2) is 0 Å². The molecule has 138 valence electrons. The van der Waals surface area contributed by atoms with Gasteiger partial charge in [-0.05, 0) is 60.6 Å². The Balaban J connectivity index is 2.00. The van der Waals surface area contributed by atoms with Crippen LogP contribution in [0.3, 0.4) is 0 Å². The Morgan fingerprint density at radius 1 is 1.08 bits per heavy atom. The smallest absolute Gasteiger partial charge is 0.306 e. The first-order valence-electron chi connectivity index (χ1n) is 9.58. The minimum atomic E-state index is -0.0717. The Labute approximate surface area is 161 Å². The minimum Gasteiger partial charge on any atom is -0.469 e. The zero-order valence-corrected chi connectivity index (χ0v) is 16.5. The average molecular weight is 383 g/mol. The van der Waals surface area contributed by atoms with Gasteiger partial charge in [0.05, 0.1) is 23.6 Å². The van der Waals surface area contributed by atoms with Crippen LogP contribution in [0.15, 0.2) is 18.2 Å². The maximum atomic E-state index is 12.4. The predicted octanol–water partition coefficient (Wildman–Crippen LogP) is 6.78. The van der Waals surface area contributed by atoms with E-state index in [1.165, 1.54) is 57.6 Å². The van der Waals surface area contributed by atoms with Gasteiger partial charge in [0, 0.05) is 0 Å². The molecule has 25 heavy (non-hydrogen) atoms. The van der Waals surface area contributed by atoms with Crippen molar-refractivity contribution in [3.8, 4) is 0 Å². The second-order valence-corrected chi connectivity index (χ2v) is 8.61. The number of methoxy groups -OCH3 is 1.